The number of nitro groups is 1. The van der Waals surface area contributed by atoms with Crippen molar-refractivity contribution in [2.45, 2.75) is 12.8 Å². The van der Waals surface area contributed by atoms with E-state index in [1.807, 2.05) is 36.4 Å². The van der Waals surface area contributed by atoms with Gasteiger partial charge in [-0.2, -0.15) is 0 Å². The third-order valence-corrected chi connectivity index (χ3v) is 3.65. The Hall–Kier alpha value is -2.70. The number of hydrogen-bond donors (Lipinski definition) is 1. The quantitative estimate of drug-likeness (QED) is 0.285. The number of nitrogens with zero attached hydrogens (tertiary/aromatic N) is 1. The summed E-state index contributed by atoms with van der Waals surface area (Å²) < 4.78 is 11.0. The van der Waals surface area contributed by atoms with E-state index in [0.717, 1.165) is 29.7 Å². The molecule has 6 nitrogen and oxygen atoms in total. The van der Waals surface area contributed by atoms with Gasteiger partial charge in [-0.3, -0.25) is 10.1 Å². The fourth-order valence-corrected chi connectivity index (χ4v) is 2.21. The summed E-state index contributed by atoms with van der Waals surface area (Å²) in [5.41, 5.74) is 1.99. The van der Waals surface area contributed by atoms with Gasteiger partial charge in [-0.25, -0.2) is 0 Å². The van der Waals surface area contributed by atoms with Gasteiger partial charge in [0.05, 0.1) is 11.5 Å². The number of rotatable bonds is 11. The van der Waals surface area contributed by atoms with E-state index in [4.69, 9.17) is 14.6 Å². The first-order chi connectivity index (χ1) is 12.7. The summed E-state index contributed by atoms with van der Waals surface area (Å²) in [5.74, 6) is 0.774. The van der Waals surface area contributed by atoms with Crippen molar-refractivity contribution in [1.29, 1.82) is 0 Å². The van der Waals surface area contributed by atoms with Crippen LogP contribution in [0.2, 0.25) is 0 Å². The minimum absolute atomic E-state index is 0.0843. The van der Waals surface area contributed by atoms with Crippen molar-refractivity contribution in [1.82, 2.24) is 0 Å². The average Bonchev–Trinajstić information content (AvgIpc) is 2.67. The highest BCUT2D eigenvalue weighted by Gasteiger charge is 2.02. The molecule has 0 amide bonds. The molecule has 2 aromatic carbocycles. The molecule has 0 radical (unpaired) electrons. The first-order valence-electron chi connectivity index (χ1n) is 8.53. The Bertz CT molecular complexity index is 695. The van der Waals surface area contributed by atoms with Gasteiger partial charge in [0.1, 0.15) is 12.4 Å². The van der Waals surface area contributed by atoms with Gasteiger partial charge in [0.25, 0.3) is 5.69 Å². The number of ether oxygens (including phenoxy) is 2. The van der Waals surface area contributed by atoms with Crippen molar-refractivity contribution in [2.24, 2.45) is 0 Å². The van der Waals surface area contributed by atoms with Crippen LogP contribution in [0, 0.1) is 10.1 Å². The molecule has 6 heteroatoms. The summed E-state index contributed by atoms with van der Waals surface area (Å²) in [6, 6.07) is 14.1. The molecular formula is C20H23NO5. The fourth-order valence-electron chi connectivity index (χ4n) is 2.21. The van der Waals surface area contributed by atoms with Crippen LogP contribution in [-0.4, -0.2) is 36.5 Å². The van der Waals surface area contributed by atoms with Gasteiger partial charge in [0, 0.05) is 25.3 Å². The summed E-state index contributed by atoms with van der Waals surface area (Å²) in [4.78, 5) is 10.2. The topological polar surface area (TPSA) is 81.8 Å². The van der Waals surface area contributed by atoms with E-state index in [1.165, 1.54) is 12.1 Å². The van der Waals surface area contributed by atoms with Crippen molar-refractivity contribution in [3.63, 3.8) is 0 Å². The zero-order chi connectivity index (χ0) is 18.6. The molecule has 0 aromatic heterocycles. The Morgan fingerprint density at radius 1 is 0.885 bits per heavy atom. The Balaban J connectivity index is 1.75. The van der Waals surface area contributed by atoms with Gasteiger partial charge in [0.15, 0.2) is 0 Å². The van der Waals surface area contributed by atoms with Crippen LogP contribution >= 0.6 is 0 Å². The SMILES string of the molecule is O=[N+]([O-])c1ccc(/C=C\c2ccc(OCCOCCCCO)cc2)cc1. The molecule has 2 aromatic rings. The standard InChI is InChI=1S/C20H23NO5/c22-13-1-2-14-25-15-16-26-20-11-7-18(8-12-20)4-3-17-5-9-19(10-6-17)21(23)24/h3-12,22H,1-2,13-16H2/b4-3-. The van der Waals surface area contributed by atoms with Crippen LogP contribution < -0.4 is 4.74 Å². The second-order valence-corrected chi connectivity index (χ2v) is 5.64. The lowest BCUT2D eigenvalue weighted by molar-refractivity contribution is -0.384. The molecule has 0 saturated heterocycles. The van der Waals surface area contributed by atoms with Crippen molar-refractivity contribution < 1.29 is 19.5 Å². The Kier molecular flexibility index (Phi) is 8.32. The maximum Gasteiger partial charge on any atom is 0.269 e. The molecule has 0 unspecified atom stereocenters. The zero-order valence-electron chi connectivity index (χ0n) is 14.5. The van der Waals surface area contributed by atoms with Crippen molar-refractivity contribution in [2.75, 3.05) is 26.4 Å². The van der Waals surface area contributed by atoms with E-state index < -0.39 is 4.92 Å². The number of non-ortho nitro benzene ring substituents is 1. The summed E-state index contributed by atoms with van der Waals surface area (Å²) in [6.45, 7) is 1.84. The van der Waals surface area contributed by atoms with E-state index >= 15 is 0 Å². The monoisotopic (exact) mass is 357 g/mol. The Morgan fingerprint density at radius 2 is 1.50 bits per heavy atom. The third-order valence-electron chi connectivity index (χ3n) is 3.65. The number of aliphatic hydroxyl groups excluding tert-OH is 1. The number of benzene rings is 2. The number of aliphatic hydroxyl groups is 1. The predicted molar refractivity (Wildman–Crippen MR) is 101 cm³/mol. The van der Waals surface area contributed by atoms with Crippen LogP contribution in [0.25, 0.3) is 12.2 Å². The van der Waals surface area contributed by atoms with Crippen molar-refractivity contribution in [3.8, 4) is 5.75 Å². The minimum Gasteiger partial charge on any atom is -0.491 e. The van der Waals surface area contributed by atoms with Crippen molar-refractivity contribution in [3.05, 3.63) is 69.8 Å². The van der Waals surface area contributed by atoms with Crippen LogP contribution in [0.15, 0.2) is 48.5 Å². The highest BCUT2D eigenvalue weighted by atomic mass is 16.6. The molecule has 0 fully saturated rings. The molecule has 0 aliphatic rings. The Labute approximate surface area is 152 Å². The predicted octanol–water partition coefficient (Wildman–Crippen LogP) is 3.93. The van der Waals surface area contributed by atoms with E-state index in [1.54, 1.807) is 12.1 Å². The summed E-state index contributed by atoms with van der Waals surface area (Å²) in [5, 5.41) is 19.3. The van der Waals surface area contributed by atoms with Crippen molar-refractivity contribution >= 4 is 17.8 Å². The van der Waals surface area contributed by atoms with Gasteiger partial charge in [0.2, 0.25) is 0 Å². The number of nitro benzene ring substituents is 1. The van der Waals surface area contributed by atoms with E-state index in [-0.39, 0.29) is 12.3 Å². The molecule has 0 atom stereocenters. The van der Waals surface area contributed by atoms with E-state index in [2.05, 4.69) is 0 Å². The smallest absolute Gasteiger partial charge is 0.269 e. The molecule has 0 aliphatic carbocycles. The second-order valence-electron chi connectivity index (χ2n) is 5.64. The molecule has 26 heavy (non-hydrogen) atoms. The lowest BCUT2D eigenvalue weighted by Crippen LogP contribution is -2.07. The fraction of sp³-hybridized carbons (Fsp3) is 0.300. The molecule has 138 valence electrons. The van der Waals surface area contributed by atoms with Crippen LogP contribution in [0.1, 0.15) is 24.0 Å². The van der Waals surface area contributed by atoms with Gasteiger partial charge < -0.3 is 14.6 Å². The van der Waals surface area contributed by atoms with Gasteiger partial charge in [-0.15, -0.1) is 0 Å². The maximum absolute atomic E-state index is 10.6. The third kappa shape index (κ3) is 7.04. The lowest BCUT2D eigenvalue weighted by atomic mass is 10.1. The Morgan fingerprint density at radius 3 is 2.08 bits per heavy atom. The molecule has 1 N–H and O–H groups in total. The van der Waals surface area contributed by atoms with Crippen LogP contribution in [-0.2, 0) is 4.74 Å². The summed E-state index contributed by atoms with van der Waals surface area (Å²) in [7, 11) is 0. The molecule has 0 heterocycles. The molecule has 0 aliphatic heterocycles. The highest BCUT2D eigenvalue weighted by molar-refractivity contribution is 5.70. The normalized spacial score (nSPS) is 11.0. The average molecular weight is 357 g/mol. The lowest BCUT2D eigenvalue weighted by Gasteiger charge is -2.07. The largest absolute Gasteiger partial charge is 0.491 e. The molecule has 0 bridgehead atoms. The minimum atomic E-state index is -0.410. The zero-order valence-corrected chi connectivity index (χ0v) is 14.5. The molecular weight excluding hydrogens is 334 g/mol. The van der Waals surface area contributed by atoms with Gasteiger partial charge >= 0.3 is 0 Å². The van der Waals surface area contributed by atoms with Crippen LogP contribution in [0.4, 0.5) is 5.69 Å². The summed E-state index contributed by atoms with van der Waals surface area (Å²) >= 11 is 0. The maximum atomic E-state index is 10.6. The first-order valence-corrected chi connectivity index (χ1v) is 8.53. The number of unbranched alkanes of at least 4 members (excludes halogenated alkanes) is 1. The second kappa shape index (κ2) is 11.0. The van der Waals surface area contributed by atoms with Crippen LogP contribution in [0.3, 0.4) is 0 Å². The van der Waals surface area contributed by atoms with Crippen LogP contribution in [0.5, 0.6) is 5.75 Å². The van der Waals surface area contributed by atoms with Gasteiger partial charge in [-0.05, 0) is 48.2 Å². The van der Waals surface area contributed by atoms with E-state index in [9.17, 15) is 10.1 Å². The highest BCUT2D eigenvalue weighted by Crippen LogP contribution is 2.16. The number of hydrogen-bond acceptors (Lipinski definition) is 5. The first kappa shape index (κ1) is 19.6. The summed E-state index contributed by atoms with van der Waals surface area (Å²) in [6.07, 6.45) is 5.46. The molecule has 0 spiro atoms. The molecule has 2 rings (SSSR count). The van der Waals surface area contributed by atoms with E-state index in [0.29, 0.717) is 19.8 Å². The molecule has 0 saturated carbocycles. The van der Waals surface area contributed by atoms with Gasteiger partial charge in [-0.1, -0.05) is 24.3 Å².